The maximum atomic E-state index is 12.0. The number of carbonyl (C=O) groups excluding carboxylic acids is 1. The van der Waals surface area contributed by atoms with Crippen molar-refractivity contribution in [3.05, 3.63) is 35.5 Å². The predicted molar refractivity (Wildman–Crippen MR) is 87.3 cm³/mol. The number of hydrogen-bond donors (Lipinski definition) is 1. The summed E-state index contributed by atoms with van der Waals surface area (Å²) in [6, 6.07) is 5.64. The molecule has 1 aliphatic rings. The van der Waals surface area contributed by atoms with Gasteiger partial charge in [-0.2, -0.15) is 4.98 Å². The van der Waals surface area contributed by atoms with Gasteiger partial charge in [-0.3, -0.25) is 4.79 Å². The lowest BCUT2D eigenvalue weighted by Gasteiger charge is -2.18. The number of carbonyl (C=O) groups is 1. The van der Waals surface area contributed by atoms with Crippen molar-refractivity contribution >= 4 is 5.91 Å². The monoisotopic (exact) mass is 347 g/mol. The first kappa shape index (κ1) is 17.2. The first-order valence-electron chi connectivity index (χ1n) is 8.16. The third-order valence-electron chi connectivity index (χ3n) is 3.86. The molecule has 0 aliphatic carbocycles. The van der Waals surface area contributed by atoms with E-state index in [2.05, 4.69) is 15.5 Å². The Morgan fingerprint density at radius 1 is 1.32 bits per heavy atom. The number of aromatic nitrogens is 2. The third kappa shape index (κ3) is 4.48. The van der Waals surface area contributed by atoms with Crippen molar-refractivity contribution in [1.82, 2.24) is 15.5 Å². The Hall–Kier alpha value is -2.61. The Morgan fingerprint density at radius 3 is 2.92 bits per heavy atom. The van der Waals surface area contributed by atoms with Crippen molar-refractivity contribution in [2.45, 2.75) is 32.4 Å². The molecule has 1 atom stereocenters. The molecule has 1 aromatic heterocycles. The molecule has 2 aromatic rings. The largest absolute Gasteiger partial charge is 0.486 e. The first-order chi connectivity index (χ1) is 12.2. The maximum absolute atomic E-state index is 12.0. The molecule has 0 saturated carbocycles. The Balaban J connectivity index is 1.46. The Bertz CT molecular complexity index is 731. The molecule has 25 heavy (non-hydrogen) atoms. The molecular weight excluding hydrogens is 326 g/mol. The summed E-state index contributed by atoms with van der Waals surface area (Å²) in [4.78, 5) is 16.2. The van der Waals surface area contributed by atoms with Crippen LogP contribution in [0.15, 0.2) is 22.7 Å². The lowest BCUT2D eigenvalue weighted by molar-refractivity contribution is -0.121. The van der Waals surface area contributed by atoms with Crippen LogP contribution in [-0.4, -0.2) is 36.4 Å². The van der Waals surface area contributed by atoms with Crippen molar-refractivity contribution in [3.8, 4) is 11.5 Å². The van der Waals surface area contributed by atoms with E-state index >= 15 is 0 Å². The quantitative estimate of drug-likeness (QED) is 0.816. The second-order valence-electron chi connectivity index (χ2n) is 5.68. The van der Waals surface area contributed by atoms with Crippen molar-refractivity contribution in [1.29, 1.82) is 0 Å². The Kier molecular flexibility index (Phi) is 5.49. The van der Waals surface area contributed by atoms with E-state index < -0.39 is 0 Å². The zero-order valence-corrected chi connectivity index (χ0v) is 14.3. The van der Waals surface area contributed by atoms with E-state index in [1.807, 2.05) is 25.1 Å². The van der Waals surface area contributed by atoms with E-state index in [0.29, 0.717) is 43.6 Å². The van der Waals surface area contributed by atoms with Gasteiger partial charge in [0.05, 0.1) is 0 Å². The maximum Gasteiger partial charge on any atom is 0.227 e. The number of methoxy groups -OCH3 is 1. The summed E-state index contributed by atoms with van der Waals surface area (Å²) in [7, 11) is 1.58. The van der Waals surface area contributed by atoms with Crippen LogP contribution in [0.1, 0.15) is 36.7 Å². The summed E-state index contributed by atoms with van der Waals surface area (Å²) in [6.07, 6.45) is 0.422. The molecule has 0 spiro atoms. The lowest BCUT2D eigenvalue weighted by Crippen LogP contribution is -2.23. The van der Waals surface area contributed by atoms with Crippen LogP contribution in [0.25, 0.3) is 0 Å². The summed E-state index contributed by atoms with van der Waals surface area (Å²) in [5, 5.41) is 6.70. The molecule has 1 unspecified atom stereocenters. The number of ether oxygens (including phenoxy) is 3. The van der Waals surface area contributed by atoms with Crippen molar-refractivity contribution in [2.75, 3.05) is 20.3 Å². The fraction of sp³-hybridized carbons (Fsp3) is 0.471. The van der Waals surface area contributed by atoms with Gasteiger partial charge in [0, 0.05) is 26.5 Å². The number of nitrogens with one attached hydrogen (secondary N) is 1. The molecule has 3 rings (SSSR count). The summed E-state index contributed by atoms with van der Waals surface area (Å²) < 4.78 is 21.2. The minimum atomic E-state index is -0.235. The van der Waals surface area contributed by atoms with Gasteiger partial charge in [-0.1, -0.05) is 11.2 Å². The van der Waals surface area contributed by atoms with Gasteiger partial charge in [0.25, 0.3) is 0 Å². The normalized spacial score (nSPS) is 14.2. The highest BCUT2D eigenvalue weighted by atomic mass is 16.6. The summed E-state index contributed by atoms with van der Waals surface area (Å²) >= 11 is 0. The second-order valence-corrected chi connectivity index (χ2v) is 5.68. The van der Waals surface area contributed by atoms with Gasteiger partial charge >= 0.3 is 0 Å². The van der Waals surface area contributed by atoms with E-state index in [9.17, 15) is 4.79 Å². The average molecular weight is 347 g/mol. The van der Waals surface area contributed by atoms with Gasteiger partial charge in [-0.15, -0.1) is 0 Å². The van der Waals surface area contributed by atoms with Gasteiger partial charge in [-0.05, 0) is 24.6 Å². The average Bonchev–Trinajstić information content (AvgIpc) is 3.13. The number of nitrogens with zero attached hydrogens (tertiary/aromatic N) is 2. The lowest BCUT2D eigenvalue weighted by atomic mass is 10.2. The molecule has 0 fully saturated rings. The minimum absolute atomic E-state index is 0.0885. The van der Waals surface area contributed by atoms with Crippen molar-refractivity contribution in [2.24, 2.45) is 0 Å². The second kappa shape index (κ2) is 7.98. The van der Waals surface area contributed by atoms with Gasteiger partial charge in [0.1, 0.15) is 19.3 Å². The fourth-order valence-electron chi connectivity index (χ4n) is 2.35. The molecule has 2 heterocycles. The third-order valence-corrected chi connectivity index (χ3v) is 3.86. The number of amides is 1. The Morgan fingerprint density at radius 2 is 2.12 bits per heavy atom. The van der Waals surface area contributed by atoms with Gasteiger partial charge < -0.3 is 24.1 Å². The molecule has 8 nitrogen and oxygen atoms in total. The van der Waals surface area contributed by atoms with Gasteiger partial charge in [-0.25, -0.2) is 0 Å². The number of rotatable bonds is 7. The van der Waals surface area contributed by atoms with Crippen molar-refractivity contribution in [3.63, 3.8) is 0 Å². The van der Waals surface area contributed by atoms with E-state index in [1.54, 1.807) is 7.11 Å². The molecule has 8 heteroatoms. The van der Waals surface area contributed by atoms with Crippen LogP contribution in [0.3, 0.4) is 0 Å². The molecule has 1 N–H and O–H groups in total. The standard InChI is InChI=1S/C17H21N3O5/c1-11(22-2)17-19-16(25-20-17)6-5-15(21)18-10-12-3-4-13-14(9-12)24-8-7-23-13/h3-4,9,11H,5-8,10H2,1-2H3,(H,18,21). The number of fused-ring (bicyclic) bond motifs is 1. The molecule has 1 amide bonds. The highest BCUT2D eigenvalue weighted by molar-refractivity contribution is 5.76. The molecule has 0 saturated heterocycles. The summed E-state index contributed by atoms with van der Waals surface area (Å²) in [5.41, 5.74) is 0.951. The SMILES string of the molecule is COC(C)c1noc(CCC(=O)NCc2ccc3c(c2)OCCO3)n1. The topological polar surface area (TPSA) is 95.7 Å². The molecule has 1 aromatic carbocycles. The highest BCUT2D eigenvalue weighted by Gasteiger charge is 2.14. The van der Waals surface area contributed by atoms with E-state index in [-0.39, 0.29) is 18.4 Å². The van der Waals surface area contributed by atoms with Crippen LogP contribution in [0, 0.1) is 0 Å². The number of hydrogen-bond acceptors (Lipinski definition) is 7. The van der Waals surface area contributed by atoms with Gasteiger partial charge in [0.15, 0.2) is 17.3 Å². The van der Waals surface area contributed by atoms with Crippen LogP contribution >= 0.6 is 0 Å². The highest BCUT2D eigenvalue weighted by Crippen LogP contribution is 2.30. The van der Waals surface area contributed by atoms with E-state index in [1.165, 1.54) is 0 Å². The van der Waals surface area contributed by atoms with Crippen molar-refractivity contribution < 1.29 is 23.5 Å². The smallest absolute Gasteiger partial charge is 0.227 e. The van der Waals surface area contributed by atoms with Crippen LogP contribution < -0.4 is 14.8 Å². The Labute approximate surface area is 145 Å². The molecule has 0 radical (unpaired) electrons. The van der Waals surface area contributed by atoms with Crippen LogP contribution in [0.4, 0.5) is 0 Å². The van der Waals surface area contributed by atoms with Crippen LogP contribution in [0.2, 0.25) is 0 Å². The summed E-state index contributed by atoms with van der Waals surface area (Å²) in [6.45, 7) is 3.35. The van der Waals surface area contributed by atoms with Gasteiger partial charge in [0.2, 0.25) is 11.8 Å². The minimum Gasteiger partial charge on any atom is -0.486 e. The molecule has 1 aliphatic heterocycles. The van der Waals surface area contributed by atoms with Crippen LogP contribution in [-0.2, 0) is 22.5 Å². The van der Waals surface area contributed by atoms with E-state index in [0.717, 1.165) is 11.3 Å². The molecule has 0 bridgehead atoms. The predicted octanol–water partition coefficient (Wildman–Crippen LogP) is 1.80. The molecule has 134 valence electrons. The number of benzene rings is 1. The van der Waals surface area contributed by atoms with E-state index in [4.69, 9.17) is 18.7 Å². The number of aryl methyl sites for hydroxylation is 1. The molecular formula is C17H21N3O5. The summed E-state index contributed by atoms with van der Waals surface area (Å²) in [5.74, 6) is 2.26. The van der Waals surface area contributed by atoms with Crippen LogP contribution in [0.5, 0.6) is 11.5 Å². The first-order valence-corrected chi connectivity index (χ1v) is 8.16. The zero-order chi connectivity index (χ0) is 17.6. The zero-order valence-electron chi connectivity index (χ0n) is 14.3. The fourth-order valence-corrected chi connectivity index (χ4v) is 2.35.